The molecular formula is C11H7BrF3NO2. The van der Waals surface area contributed by atoms with Gasteiger partial charge in [0.05, 0.1) is 10.4 Å². The number of benzene rings is 1. The first-order valence-corrected chi connectivity index (χ1v) is 5.61. The van der Waals surface area contributed by atoms with Gasteiger partial charge in [0.2, 0.25) is 0 Å². The molecule has 0 fully saturated rings. The van der Waals surface area contributed by atoms with Crippen molar-refractivity contribution < 1.29 is 22.7 Å². The van der Waals surface area contributed by atoms with Gasteiger partial charge < -0.3 is 4.74 Å². The molecule has 0 bridgehead atoms. The Labute approximate surface area is 109 Å². The monoisotopic (exact) mass is 321 g/mol. The summed E-state index contributed by atoms with van der Waals surface area (Å²) in [6, 6.07) is 5.32. The van der Waals surface area contributed by atoms with Crippen molar-refractivity contribution in [2.24, 2.45) is 0 Å². The van der Waals surface area contributed by atoms with Crippen molar-refractivity contribution in [3.05, 3.63) is 29.3 Å². The highest BCUT2D eigenvalue weighted by Gasteiger charge is 2.33. The van der Waals surface area contributed by atoms with E-state index < -0.39 is 16.9 Å². The highest BCUT2D eigenvalue weighted by atomic mass is 79.9. The summed E-state index contributed by atoms with van der Waals surface area (Å²) < 4.78 is 40.2. The maximum absolute atomic E-state index is 12.1. The average Bonchev–Trinajstić information content (AvgIpc) is 2.25. The first kappa shape index (κ1) is 14.5. The molecule has 1 unspecified atom stereocenters. The van der Waals surface area contributed by atoms with Crippen molar-refractivity contribution in [1.82, 2.24) is 0 Å². The lowest BCUT2D eigenvalue weighted by atomic mass is 10.0. The minimum Gasteiger partial charge on any atom is -0.404 e. The van der Waals surface area contributed by atoms with Gasteiger partial charge in [-0.2, -0.15) is 5.26 Å². The van der Waals surface area contributed by atoms with Crippen LogP contribution < -0.4 is 4.74 Å². The van der Waals surface area contributed by atoms with Gasteiger partial charge in [0.1, 0.15) is 17.6 Å². The fourth-order valence-corrected chi connectivity index (χ4v) is 1.69. The van der Waals surface area contributed by atoms with Gasteiger partial charge in [-0.3, -0.25) is 4.79 Å². The second-order valence-corrected chi connectivity index (χ2v) is 4.27. The molecule has 1 aromatic rings. The van der Waals surface area contributed by atoms with E-state index in [-0.39, 0.29) is 16.9 Å². The summed E-state index contributed by atoms with van der Waals surface area (Å²) in [7, 11) is 0. The largest absolute Gasteiger partial charge is 0.573 e. The van der Waals surface area contributed by atoms with Gasteiger partial charge in [0.25, 0.3) is 0 Å². The van der Waals surface area contributed by atoms with Crippen LogP contribution in [0.25, 0.3) is 0 Å². The summed E-state index contributed by atoms with van der Waals surface area (Å²) in [4.78, 5) is 10.3. The van der Waals surface area contributed by atoms with E-state index in [2.05, 4.69) is 20.7 Å². The second-order valence-electron chi connectivity index (χ2n) is 3.35. The number of Topliss-reactive ketones (excluding diaryl/α,β-unsaturated/α-hetero) is 1. The quantitative estimate of drug-likeness (QED) is 0.801. The Hall–Kier alpha value is -1.55. The number of hydrogen-bond donors (Lipinski definition) is 0. The zero-order valence-corrected chi connectivity index (χ0v) is 10.7. The molecule has 0 aromatic heterocycles. The molecule has 0 aliphatic carbocycles. The molecular weight excluding hydrogens is 315 g/mol. The zero-order chi connectivity index (χ0) is 13.9. The molecule has 0 aliphatic rings. The Morgan fingerprint density at radius 2 is 2.11 bits per heavy atom. The summed E-state index contributed by atoms with van der Waals surface area (Å²) >= 11 is 3.02. The number of carbonyl (C=O) groups excluding carboxylic acids is 1. The van der Waals surface area contributed by atoms with Crippen LogP contribution in [0.5, 0.6) is 5.75 Å². The number of rotatable bonds is 3. The lowest BCUT2D eigenvalue weighted by Crippen LogP contribution is -2.18. The van der Waals surface area contributed by atoms with Crippen LogP contribution in [-0.2, 0) is 4.79 Å². The predicted molar refractivity (Wildman–Crippen MR) is 60.2 cm³/mol. The molecule has 96 valence electrons. The van der Waals surface area contributed by atoms with Crippen molar-refractivity contribution in [1.29, 1.82) is 5.26 Å². The van der Waals surface area contributed by atoms with Crippen LogP contribution in [0.2, 0.25) is 0 Å². The molecule has 0 aliphatic heterocycles. The van der Waals surface area contributed by atoms with Crippen LogP contribution in [0.15, 0.2) is 18.2 Å². The fraction of sp³-hybridized carbons (Fsp3) is 0.273. The van der Waals surface area contributed by atoms with Gasteiger partial charge in [0.15, 0.2) is 0 Å². The Balaban J connectivity index is 3.28. The van der Waals surface area contributed by atoms with Gasteiger partial charge in [-0.15, -0.1) is 13.2 Å². The Morgan fingerprint density at radius 1 is 1.50 bits per heavy atom. The fourth-order valence-electron chi connectivity index (χ4n) is 1.31. The molecule has 0 saturated heterocycles. The van der Waals surface area contributed by atoms with Crippen molar-refractivity contribution in [2.45, 2.75) is 18.1 Å². The highest BCUT2D eigenvalue weighted by Crippen LogP contribution is 2.34. The van der Waals surface area contributed by atoms with Gasteiger partial charge >= 0.3 is 6.36 Å². The number of ether oxygens (including phenoxy) is 1. The Kier molecular flexibility index (Phi) is 4.35. The molecule has 7 heteroatoms. The first-order chi connectivity index (χ1) is 8.26. The third-order valence-electron chi connectivity index (χ3n) is 2.03. The maximum Gasteiger partial charge on any atom is 0.573 e. The summed E-state index contributed by atoms with van der Waals surface area (Å²) in [5, 5.41) is 8.90. The Bertz CT molecular complexity index is 508. The molecule has 0 saturated carbocycles. The summed E-state index contributed by atoms with van der Waals surface area (Å²) in [5.74, 6) is -0.941. The van der Waals surface area contributed by atoms with E-state index >= 15 is 0 Å². The van der Waals surface area contributed by atoms with Crippen LogP contribution in [0.3, 0.4) is 0 Å². The standard InChI is InChI=1S/C11H7BrF3NO2/c1-6(17)10(12)7-3-2-4-9(8(7)5-16)18-11(13,14)15/h2-4,10H,1H3. The number of nitrogens with zero attached hydrogens (tertiary/aromatic N) is 1. The summed E-state index contributed by atoms with van der Waals surface area (Å²) in [6.07, 6.45) is -4.89. The number of nitriles is 1. The molecule has 0 amide bonds. The molecule has 1 rings (SSSR count). The molecule has 0 spiro atoms. The molecule has 3 nitrogen and oxygen atoms in total. The smallest absolute Gasteiger partial charge is 0.404 e. The van der Waals surface area contributed by atoms with Gasteiger partial charge in [0, 0.05) is 0 Å². The van der Waals surface area contributed by atoms with Crippen LogP contribution in [0, 0.1) is 11.3 Å². The van der Waals surface area contributed by atoms with Gasteiger partial charge in [-0.1, -0.05) is 28.1 Å². The van der Waals surface area contributed by atoms with Gasteiger partial charge in [-0.25, -0.2) is 0 Å². The average molecular weight is 322 g/mol. The molecule has 18 heavy (non-hydrogen) atoms. The van der Waals surface area contributed by atoms with Crippen molar-refractivity contribution in [3.63, 3.8) is 0 Å². The van der Waals surface area contributed by atoms with Crippen LogP contribution in [0.4, 0.5) is 13.2 Å². The number of halogens is 4. The van der Waals surface area contributed by atoms with Crippen LogP contribution in [0.1, 0.15) is 22.9 Å². The van der Waals surface area contributed by atoms with E-state index in [0.717, 1.165) is 6.07 Å². The van der Waals surface area contributed by atoms with E-state index in [9.17, 15) is 18.0 Å². The zero-order valence-electron chi connectivity index (χ0n) is 9.08. The minimum absolute atomic E-state index is 0.145. The molecule has 0 radical (unpaired) electrons. The lowest BCUT2D eigenvalue weighted by Gasteiger charge is -2.14. The number of alkyl halides is 4. The molecule has 1 atom stereocenters. The molecule has 0 heterocycles. The summed E-state index contributed by atoms with van der Waals surface area (Å²) in [6.45, 7) is 1.26. The van der Waals surface area contributed by atoms with Crippen molar-refractivity contribution in [3.8, 4) is 11.8 Å². The number of carbonyl (C=O) groups is 1. The third-order valence-corrected chi connectivity index (χ3v) is 3.16. The van der Waals surface area contributed by atoms with E-state index in [4.69, 9.17) is 5.26 Å². The van der Waals surface area contributed by atoms with E-state index in [1.54, 1.807) is 6.07 Å². The van der Waals surface area contributed by atoms with Crippen molar-refractivity contribution in [2.75, 3.05) is 0 Å². The topological polar surface area (TPSA) is 50.1 Å². The van der Waals surface area contributed by atoms with Crippen molar-refractivity contribution >= 4 is 21.7 Å². The lowest BCUT2D eigenvalue weighted by molar-refractivity contribution is -0.274. The number of hydrogen-bond acceptors (Lipinski definition) is 3. The van der Waals surface area contributed by atoms with E-state index in [0.29, 0.717) is 0 Å². The first-order valence-electron chi connectivity index (χ1n) is 4.69. The number of ketones is 1. The predicted octanol–water partition coefficient (Wildman–Crippen LogP) is 3.48. The maximum atomic E-state index is 12.1. The normalized spacial score (nSPS) is 12.7. The molecule has 1 aromatic carbocycles. The highest BCUT2D eigenvalue weighted by molar-refractivity contribution is 9.09. The minimum atomic E-state index is -4.89. The van der Waals surface area contributed by atoms with E-state index in [1.165, 1.54) is 19.1 Å². The third kappa shape index (κ3) is 3.47. The molecule has 0 N–H and O–H groups in total. The summed E-state index contributed by atoms with van der Waals surface area (Å²) in [5.41, 5.74) is -0.168. The van der Waals surface area contributed by atoms with Crippen LogP contribution >= 0.6 is 15.9 Å². The van der Waals surface area contributed by atoms with E-state index in [1.807, 2.05) is 0 Å². The van der Waals surface area contributed by atoms with Gasteiger partial charge in [-0.05, 0) is 18.6 Å². The van der Waals surface area contributed by atoms with Crippen LogP contribution in [-0.4, -0.2) is 12.1 Å². The Morgan fingerprint density at radius 3 is 2.56 bits per heavy atom. The SMILES string of the molecule is CC(=O)C(Br)c1cccc(OC(F)(F)F)c1C#N. The second kappa shape index (κ2) is 5.40.